The number of morpholine rings is 1. The van der Waals surface area contributed by atoms with Crippen molar-refractivity contribution in [1.82, 2.24) is 19.8 Å². The Hall–Kier alpha value is -4.99. The van der Waals surface area contributed by atoms with Crippen LogP contribution in [0.5, 0.6) is 11.8 Å². The molecule has 1 aromatic heterocycles. The fraction of sp³-hybridized carbons (Fsp3) is 0.569. The molecule has 0 bridgehead atoms. The number of hydrogen-bond donors (Lipinski definition) is 0. The molecule has 2 aliphatic heterocycles. The Kier molecular flexibility index (Phi) is 14.6. The van der Waals surface area contributed by atoms with E-state index >= 15 is 4.39 Å². The van der Waals surface area contributed by atoms with Gasteiger partial charge in [0, 0.05) is 73.7 Å². The zero-order valence-corrected chi connectivity index (χ0v) is 41.1. The first-order chi connectivity index (χ1) is 31.0. The molecule has 12 nitrogen and oxygen atoms in total. The molecule has 1 amide bonds. The molecule has 1 aliphatic carbocycles. The lowest BCUT2D eigenvalue weighted by molar-refractivity contribution is 0.0215. The lowest BCUT2D eigenvalue weighted by Crippen LogP contribution is -2.56. The van der Waals surface area contributed by atoms with Crippen molar-refractivity contribution in [3.8, 4) is 40.4 Å². The Morgan fingerprint density at radius 1 is 0.969 bits per heavy atom. The average molecular weight is 907 g/mol. The number of ether oxygens (including phenoxy) is 5. The highest BCUT2D eigenvalue weighted by Gasteiger charge is 2.46. The lowest BCUT2D eigenvalue weighted by Gasteiger charge is -2.41. The van der Waals surface area contributed by atoms with Gasteiger partial charge in [-0.1, -0.05) is 65.7 Å². The predicted octanol–water partition coefficient (Wildman–Crippen LogP) is 9.97. The Bertz CT molecular complexity index is 2440. The number of carbonyl (C=O) groups is 1. The van der Waals surface area contributed by atoms with E-state index in [2.05, 4.69) is 64.0 Å². The van der Waals surface area contributed by atoms with Crippen molar-refractivity contribution in [2.75, 3.05) is 77.9 Å². The molecule has 7 rings (SSSR count). The minimum absolute atomic E-state index is 0.0191. The Morgan fingerprint density at radius 2 is 1.69 bits per heavy atom. The molecule has 1 unspecified atom stereocenters. The standard InChI is InChI=1S/C51H67FN6O6Si/c1-34(2)65(35(3)4,36(5)6)27-17-37-12-11-13-38-28-40(63-33-60-10)29-43(44(37)38)41-14-15-42-46(45(41)52)54-48(62-32-51(18-19-51)31-56-23-25-61-26-24-56)55-47(42)58-22-21-57(30-39(58)16-20-53)49(59)64-50(7,8)9/h11-15,28-29,34-36,39H,16,18-19,21-26,30-33H2,1-10H3. The van der Waals surface area contributed by atoms with Crippen molar-refractivity contribution in [3.05, 3.63) is 53.8 Å². The zero-order valence-electron chi connectivity index (χ0n) is 40.1. The van der Waals surface area contributed by atoms with Crippen LogP contribution in [0.2, 0.25) is 16.6 Å². The van der Waals surface area contributed by atoms with Crippen molar-refractivity contribution >= 4 is 41.7 Å². The number of anilines is 1. The summed E-state index contributed by atoms with van der Waals surface area (Å²) in [5.41, 5.74) is 6.31. The van der Waals surface area contributed by atoms with Crippen molar-refractivity contribution < 1.29 is 32.9 Å². The zero-order chi connectivity index (χ0) is 46.7. The van der Waals surface area contributed by atoms with Gasteiger partial charge in [0.1, 0.15) is 30.8 Å². The third-order valence-corrected chi connectivity index (χ3v) is 19.8. The molecule has 348 valence electrons. The first kappa shape index (κ1) is 48.0. The van der Waals surface area contributed by atoms with Crippen LogP contribution >= 0.6 is 0 Å². The van der Waals surface area contributed by atoms with Crippen LogP contribution in [0.1, 0.15) is 87.1 Å². The maximum absolute atomic E-state index is 18.0. The second-order valence-corrected chi connectivity index (χ2v) is 25.6. The summed E-state index contributed by atoms with van der Waals surface area (Å²) in [5, 5.41) is 12.2. The molecule has 4 aromatic rings. The van der Waals surface area contributed by atoms with Crippen molar-refractivity contribution in [2.24, 2.45) is 5.41 Å². The highest BCUT2D eigenvalue weighted by molar-refractivity contribution is 6.90. The van der Waals surface area contributed by atoms with E-state index < -0.39 is 31.6 Å². The molecule has 3 fully saturated rings. The van der Waals surface area contributed by atoms with Crippen LogP contribution in [0, 0.1) is 34.0 Å². The van der Waals surface area contributed by atoms with E-state index in [0.717, 1.165) is 48.8 Å². The van der Waals surface area contributed by atoms with E-state index in [1.807, 2.05) is 62.1 Å². The number of carbonyl (C=O) groups excluding carboxylic acids is 1. The molecule has 1 atom stereocenters. The number of halogens is 1. The number of hydrogen-bond acceptors (Lipinski definition) is 11. The Morgan fingerprint density at radius 3 is 2.34 bits per heavy atom. The maximum atomic E-state index is 18.0. The smallest absolute Gasteiger partial charge is 0.410 e. The minimum Gasteiger partial charge on any atom is -0.468 e. The molecular formula is C51H67FN6O6Si. The van der Waals surface area contributed by atoms with Gasteiger partial charge >= 0.3 is 12.1 Å². The van der Waals surface area contributed by atoms with Crippen LogP contribution in [0.3, 0.4) is 0 Å². The summed E-state index contributed by atoms with van der Waals surface area (Å²) in [7, 11) is -0.566. The van der Waals surface area contributed by atoms with E-state index in [0.29, 0.717) is 77.6 Å². The van der Waals surface area contributed by atoms with Gasteiger partial charge < -0.3 is 33.5 Å². The second kappa shape index (κ2) is 19.9. The third-order valence-electron chi connectivity index (χ3n) is 13.5. The molecule has 14 heteroatoms. The largest absolute Gasteiger partial charge is 0.468 e. The van der Waals surface area contributed by atoms with E-state index in [4.69, 9.17) is 33.7 Å². The monoisotopic (exact) mass is 906 g/mol. The molecule has 65 heavy (non-hydrogen) atoms. The highest BCUT2D eigenvalue weighted by atomic mass is 28.3. The summed E-state index contributed by atoms with van der Waals surface area (Å²) in [6.45, 7) is 24.6. The van der Waals surface area contributed by atoms with Gasteiger partial charge in [0.15, 0.2) is 12.6 Å². The normalized spacial score (nSPS) is 18.0. The van der Waals surface area contributed by atoms with Crippen LogP contribution in [-0.4, -0.2) is 119 Å². The SMILES string of the molecule is COCOc1cc(-c2ccc3c(N4CCN(C(=O)OC(C)(C)C)CC4CC#N)nc(OCC4(CN5CCOCC5)CC4)nc3c2F)c2c(C#C[Si](C(C)C)(C(C)C)C(C)C)cccc2c1. The van der Waals surface area contributed by atoms with Gasteiger partial charge in [-0.3, -0.25) is 4.90 Å². The molecule has 3 heterocycles. The third kappa shape index (κ3) is 10.5. The van der Waals surface area contributed by atoms with Gasteiger partial charge in [-0.15, -0.1) is 5.54 Å². The van der Waals surface area contributed by atoms with Gasteiger partial charge in [-0.25, -0.2) is 9.18 Å². The molecule has 0 spiro atoms. The summed E-state index contributed by atoms with van der Waals surface area (Å²) < 4.78 is 47.2. The number of nitriles is 1. The Balaban J connectivity index is 1.38. The Labute approximate surface area is 385 Å². The van der Waals surface area contributed by atoms with Crippen LogP contribution in [0.4, 0.5) is 15.0 Å². The van der Waals surface area contributed by atoms with Crippen molar-refractivity contribution in [2.45, 2.75) is 110 Å². The maximum Gasteiger partial charge on any atom is 0.410 e. The fourth-order valence-corrected chi connectivity index (χ4v) is 15.3. The number of piperazine rings is 1. The second-order valence-electron chi connectivity index (χ2n) is 20.0. The van der Waals surface area contributed by atoms with Gasteiger partial charge in [-0.05, 0) is 85.5 Å². The number of fused-ring (bicyclic) bond motifs is 2. The number of benzene rings is 3. The summed E-state index contributed by atoms with van der Waals surface area (Å²) in [6.07, 6.45) is 1.67. The number of nitrogens with zero attached hydrogens (tertiary/aromatic N) is 6. The van der Waals surface area contributed by atoms with Gasteiger partial charge in [0.2, 0.25) is 0 Å². The van der Waals surface area contributed by atoms with Crippen LogP contribution in [0.15, 0.2) is 42.5 Å². The van der Waals surface area contributed by atoms with Gasteiger partial charge in [-0.2, -0.15) is 15.2 Å². The highest BCUT2D eigenvalue weighted by Crippen LogP contribution is 2.47. The van der Waals surface area contributed by atoms with Crippen molar-refractivity contribution in [3.63, 3.8) is 0 Å². The molecule has 2 saturated heterocycles. The summed E-state index contributed by atoms with van der Waals surface area (Å²) in [5.74, 6) is 4.10. The van der Waals surface area contributed by atoms with E-state index in [1.54, 1.807) is 18.1 Å². The predicted molar refractivity (Wildman–Crippen MR) is 256 cm³/mol. The lowest BCUT2D eigenvalue weighted by atomic mass is 9.93. The number of rotatable bonds is 14. The molecule has 3 aliphatic rings. The van der Waals surface area contributed by atoms with Gasteiger partial charge in [0.25, 0.3) is 0 Å². The number of methoxy groups -OCH3 is 1. The molecule has 3 aromatic carbocycles. The first-order valence-corrected chi connectivity index (χ1v) is 25.5. The number of amides is 1. The summed E-state index contributed by atoms with van der Waals surface area (Å²) in [4.78, 5) is 29.2. The first-order valence-electron chi connectivity index (χ1n) is 23.3. The van der Waals surface area contributed by atoms with E-state index in [1.165, 1.54) is 0 Å². The van der Waals surface area contributed by atoms with Crippen molar-refractivity contribution in [1.29, 1.82) is 5.26 Å². The van der Waals surface area contributed by atoms with Gasteiger partial charge in [0.05, 0.1) is 38.4 Å². The summed E-state index contributed by atoms with van der Waals surface area (Å²) in [6, 6.07) is 15.4. The van der Waals surface area contributed by atoms with Crippen LogP contribution < -0.4 is 14.4 Å². The quantitative estimate of drug-likeness (QED) is 0.0683. The molecular weight excluding hydrogens is 840 g/mol. The summed E-state index contributed by atoms with van der Waals surface area (Å²) >= 11 is 0. The molecule has 0 N–H and O–H groups in total. The topological polar surface area (TPSA) is 123 Å². The van der Waals surface area contributed by atoms with Crippen LogP contribution in [0.25, 0.3) is 32.8 Å². The minimum atomic E-state index is -2.13. The average Bonchev–Trinajstić information content (AvgIpc) is 4.03. The number of aromatic nitrogens is 2. The fourth-order valence-electron chi connectivity index (χ4n) is 10.0. The molecule has 0 radical (unpaired) electrons. The molecule has 1 saturated carbocycles. The van der Waals surface area contributed by atoms with E-state index in [-0.39, 0.29) is 36.7 Å². The van der Waals surface area contributed by atoms with Crippen LogP contribution in [-0.2, 0) is 14.2 Å². The van der Waals surface area contributed by atoms with E-state index in [9.17, 15) is 10.1 Å².